The summed E-state index contributed by atoms with van der Waals surface area (Å²) in [6.45, 7) is 12.2. The molecule has 2 heterocycles. The van der Waals surface area contributed by atoms with Crippen LogP contribution >= 0.6 is 0 Å². The van der Waals surface area contributed by atoms with Gasteiger partial charge in [0, 0.05) is 30.5 Å². The lowest BCUT2D eigenvalue weighted by Gasteiger charge is -2.50. The molecular weight excluding hydrogens is 540 g/mol. The second kappa shape index (κ2) is 19.3. The molecule has 2 spiro atoms. The lowest BCUT2D eigenvalue weighted by molar-refractivity contribution is -0.176. The number of hydrogen-bond acceptors (Lipinski definition) is 3. The fourth-order valence-corrected chi connectivity index (χ4v) is 9.27. The van der Waals surface area contributed by atoms with Gasteiger partial charge in [0.05, 0.1) is 0 Å². The topological polar surface area (TPSA) is 41.6 Å². The van der Waals surface area contributed by atoms with E-state index in [2.05, 4.69) is 44.8 Å². The fraction of sp³-hybridized carbons (Fsp3) is 0.975. The zero-order chi connectivity index (χ0) is 31.8. The average Bonchev–Trinajstić information content (AvgIpc) is 3.14. The molecule has 1 N–H and O–H groups in total. The Balaban J connectivity index is 1.47. The van der Waals surface area contributed by atoms with Crippen molar-refractivity contribution in [3.63, 3.8) is 0 Å². The van der Waals surface area contributed by atoms with Crippen LogP contribution in [0, 0.1) is 0 Å². The molecule has 2 aliphatic heterocycles. The zero-order valence-electron chi connectivity index (χ0n) is 30.5. The number of nitrogens with zero attached hydrogens (tertiary/aromatic N) is 1. The third kappa shape index (κ3) is 12.5. The van der Waals surface area contributed by atoms with Crippen LogP contribution in [0.5, 0.6) is 0 Å². The number of nitrogens with one attached hydrogen (secondary N) is 1. The molecule has 1 saturated carbocycles. The van der Waals surface area contributed by atoms with E-state index in [1.807, 2.05) is 0 Å². The van der Waals surface area contributed by atoms with Crippen molar-refractivity contribution in [2.75, 3.05) is 6.54 Å². The quantitative estimate of drug-likeness (QED) is 0.165. The number of rotatable bonds is 17. The molecular formula is C40H76N2O2. The first kappa shape index (κ1) is 37.8. The Labute approximate surface area is 275 Å². The number of carbonyl (C=O) groups excluding carboxylic acids is 1. The third-order valence-corrected chi connectivity index (χ3v) is 11.0. The Morgan fingerprint density at radius 2 is 0.932 bits per heavy atom. The van der Waals surface area contributed by atoms with Gasteiger partial charge in [-0.3, -0.25) is 4.79 Å². The van der Waals surface area contributed by atoms with Crippen LogP contribution in [0.3, 0.4) is 0 Å². The summed E-state index contributed by atoms with van der Waals surface area (Å²) >= 11 is 0. The molecule has 4 heteroatoms. The summed E-state index contributed by atoms with van der Waals surface area (Å²) in [6.07, 6.45) is 37.4. The summed E-state index contributed by atoms with van der Waals surface area (Å²) in [5.41, 5.74) is -1.30. The lowest BCUT2D eigenvalue weighted by Crippen LogP contribution is -2.65. The van der Waals surface area contributed by atoms with Crippen LogP contribution in [0.15, 0.2) is 0 Å². The summed E-state index contributed by atoms with van der Waals surface area (Å²) in [5, 5.41) is 3.82. The van der Waals surface area contributed by atoms with Gasteiger partial charge in [-0.25, -0.2) is 0 Å². The SMILES string of the molecule is CCCCCCCCCCCCCCCCCCN1C(=O)C2(CC(C)(C)NC(C)(C)C2)OC12CCCCCCCCCCC2. The van der Waals surface area contributed by atoms with Crippen LogP contribution in [-0.4, -0.2) is 39.8 Å². The van der Waals surface area contributed by atoms with Crippen molar-refractivity contribution >= 4 is 5.91 Å². The van der Waals surface area contributed by atoms with Crippen molar-refractivity contribution in [2.24, 2.45) is 0 Å². The summed E-state index contributed by atoms with van der Waals surface area (Å²) in [4.78, 5) is 16.9. The maximum absolute atomic E-state index is 14.6. The van der Waals surface area contributed by atoms with Gasteiger partial charge < -0.3 is 15.0 Å². The fourth-order valence-electron chi connectivity index (χ4n) is 9.27. The highest BCUT2D eigenvalue weighted by Crippen LogP contribution is 2.51. The molecule has 0 unspecified atom stereocenters. The molecule has 3 fully saturated rings. The molecule has 0 aromatic rings. The van der Waals surface area contributed by atoms with Gasteiger partial charge in [0.15, 0.2) is 5.60 Å². The largest absolute Gasteiger partial charge is 0.339 e. The zero-order valence-corrected chi connectivity index (χ0v) is 30.5. The van der Waals surface area contributed by atoms with Crippen LogP contribution in [0.1, 0.15) is 221 Å². The normalized spacial score (nSPS) is 23.6. The van der Waals surface area contributed by atoms with E-state index < -0.39 is 11.3 Å². The summed E-state index contributed by atoms with van der Waals surface area (Å²) in [6, 6.07) is 0. The number of amides is 1. The average molecular weight is 617 g/mol. The first-order chi connectivity index (χ1) is 21.1. The van der Waals surface area contributed by atoms with Gasteiger partial charge in [-0.05, 0) is 59.8 Å². The minimum Gasteiger partial charge on any atom is -0.339 e. The molecule has 0 bridgehead atoms. The summed E-state index contributed by atoms with van der Waals surface area (Å²) in [7, 11) is 0. The van der Waals surface area contributed by atoms with Crippen LogP contribution in [-0.2, 0) is 9.53 Å². The van der Waals surface area contributed by atoms with Gasteiger partial charge in [0.1, 0.15) is 5.72 Å². The number of carbonyl (C=O) groups is 1. The van der Waals surface area contributed by atoms with Crippen molar-refractivity contribution in [1.29, 1.82) is 0 Å². The molecule has 2 saturated heterocycles. The molecule has 1 aliphatic carbocycles. The predicted octanol–water partition coefficient (Wildman–Crippen LogP) is 11.8. The molecule has 0 aromatic heterocycles. The van der Waals surface area contributed by atoms with E-state index in [4.69, 9.17) is 4.74 Å². The Bertz CT molecular complexity index is 762. The van der Waals surface area contributed by atoms with Gasteiger partial charge in [-0.15, -0.1) is 0 Å². The van der Waals surface area contributed by atoms with Gasteiger partial charge in [-0.1, -0.05) is 148 Å². The number of hydrogen-bond donors (Lipinski definition) is 1. The van der Waals surface area contributed by atoms with Crippen LogP contribution in [0.4, 0.5) is 0 Å². The Morgan fingerprint density at radius 3 is 1.34 bits per heavy atom. The first-order valence-corrected chi connectivity index (χ1v) is 20.0. The number of ether oxygens (including phenoxy) is 1. The first-order valence-electron chi connectivity index (χ1n) is 20.0. The number of unbranched alkanes of at least 4 members (excludes halogenated alkanes) is 15. The Hall–Kier alpha value is -0.610. The molecule has 3 rings (SSSR count). The molecule has 1 amide bonds. The van der Waals surface area contributed by atoms with Gasteiger partial charge >= 0.3 is 0 Å². The Morgan fingerprint density at radius 1 is 0.568 bits per heavy atom. The van der Waals surface area contributed by atoms with Crippen molar-refractivity contribution in [2.45, 2.75) is 243 Å². The summed E-state index contributed by atoms with van der Waals surface area (Å²) in [5.74, 6) is 0.313. The highest BCUT2D eigenvalue weighted by molar-refractivity contribution is 5.88. The van der Waals surface area contributed by atoms with E-state index in [0.29, 0.717) is 5.91 Å². The highest BCUT2D eigenvalue weighted by Gasteiger charge is 2.64. The highest BCUT2D eigenvalue weighted by atomic mass is 16.6. The monoisotopic (exact) mass is 617 g/mol. The van der Waals surface area contributed by atoms with Gasteiger partial charge in [0.25, 0.3) is 5.91 Å². The van der Waals surface area contributed by atoms with Gasteiger partial charge in [0.2, 0.25) is 0 Å². The maximum atomic E-state index is 14.6. The Kier molecular flexibility index (Phi) is 16.6. The molecule has 4 nitrogen and oxygen atoms in total. The van der Waals surface area contributed by atoms with E-state index in [1.165, 1.54) is 154 Å². The van der Waals surface area contributed by atoms with Crippen LogP contribution in [0.2, 0.25) is 0 Å². The van der Waals surface area contributed by atoms with Crippen molar-refractivity contribution in [3.8, 4) is 0 Å². The van der Waals surface area contributed by atoms with E-state index in [-0.39, 0.29) is 11.1 Å². The smallest absolute Gasteiger partial charge is 0.257 e. The molecule has 3 aliphatic rings. The van der Waals surface area contributed by atoms with Crippen molar-refractivity contribution in [1.82, 2.24) is 10.2 Å². The number of piperidine rings is 1. The van der Waals surface area contributed by atoms with Gasteiger partial charge in [-0.2, -0.15) is 0 Å². The molecule has 0 atom stereocenters. The van der Waals surface area contributed by atoms with E-state index >= 15 is 0 Å². The van der Waals surface area contributed by atoms with Crippen molar-refractivity contribution < 1.29 is 9.53 Å². The molecule has 44 heavy (non-hydrogen) atoms. The standard InChI is InChI=1S/C40H76N2O2/c1-6-7-8-9-10-11-12-13-14-15-16-17-21-24-27-30-33-42-36(43)39(34-37(2,3)41-38(4,5)35-39)44-40(42)31-28-25-22-19-18-20-23-26-29-32-40/h41H,6-35H2,1-5H3. The second-order valence-electron chi connectivity index (χ2n) is 16.7. The minimum absolute atomic E-state index is 0.117. The van der Waals surface area contributed by atoms with Crippen molar-refractivity contribution in [3.05, 3.63) is 0 Å². The van der Waals surface area contributed by atoms with Crippen LogP contribution < -0.4 is 5.32 Å². The second-order valence-corrected chi connectivity index (χ2v) is 16.7. The van der Waals surface area contributed by atoms with E-state index in [9.17, 15) is 4.79 Å². The predicted molar refractivity (Wildman–Crippen MR) is 189 cm³/mol. The molecule has 258 valence electrons. The van der Waals surface area contributed by atoms with E-state index in [0.717, 1.165) is 38.6 Å². The molecule has 0 radical (unpaired) electrons. The molecule has 0 aromatic carbocycles. The summed E-state index contributed by atoms with van der Waals surface area (Å²) < 4.78 is 7.33. The minimum atomic E-state index is -0.676. The van der Waals surface area contributed by atoms with Crippen LogP contribution in [0.25, 0.3) is 0 Å². The third-order valence-electron chi connectivity index (χ3n) is 11.0. The maximum Gasteiger partial charge on any atom is 0.257 e. The van der Waals surface area contributed by atoms with E-state index in [1.54, 1.807) is 0 Å². The lowest BCUT2D eigenvalue weighted by atomic mass is 9.72.